The number of aromatic nitrogens is 2. The van der Waals surface area contributed by atoms with Crippen molar-refractivity contribution in [3.8, 4) is 10.6 Å². The molecule has 0 bridgehead atoms. The quantitative estimate of drug-likeness (QED) is 0.710. The molecule has 3 N–H and O–H groups in total. The first-order valence-electron chi connectivity index (χ1n) is 8.83. The number of nitrogens with zero attached hydrogens (tertiary/aromatic N) is 3. The Morgan fingerprint density at radius 3 is 2.71 bits per heavy atom. The standard InChI is InChI=1S/C18H23N5O2S.2ClH/c19-7-4-16(24)21-11-14-3-1-2-10-23(14)18(25)15-12-22-17(26-15)13-5-8-20-9-6-13;;/h5-6,8-9,12,14H,1-4,7,10-11,19H2,(H,21,24);2*1H. The van der Waals surface area contributed by atoms with E-state index in [1.54, 1.807) is 18.6 Å². The van der Waals surface area contributed by atoms with Crippen molar-refractivity contribution in [2.24, 2.45) is 5.73 Å². The minimum atomic E-state index is -0.0664. The van der Waals surface area contributed by atoms with Crippen LogP contribution in [0.3, 0.4) is 0 Å². The van der Waals surface area contributed by atoms with E-state index in [1.807, 2.05) is 17.0 Å². The average Bonchev–Trinajstić information content (AvgIpc) is 3.17. The van der Waals surface area contributed by atoms with Crippen LogP contribution in [-0.4, -0.2) is 52.4 Å². The van der Waals surface area contributed by atoms with Crippen molar-refractivity contribution in [3.05, 3.63) is 35.6 Å². The van der Waals surface area contributed by atoms with Gasteiger partial charge >= 0.3 is 0 Å². The summed E-state index contributed by atoms with van der Waals surface area (Å²) in [7, 11) is 0. The van der Waals surface area contributed by atoms with Gasteiger partial charge in [0.05, 0.1) is 6.20 Å². The summed E-state index contributed by atoms with van der Waals surface area (Å²) >= 11 is 1.39. The Morgan fingerprint density at radius 2 is 2.00 bits per heavy atom. The van der Waals surface area contributed by atoms with Crippen LogP contribution in [0.5, 0.6) is 0 Å². The molecule has 0 aliphatic carbocycles. The summed E-state index contributed by atoms with van der Waals surface area (Å²) < 4.78 is 0. The van der Waals surface area contributed by atoms with Crippen molar-refractivity contribution >= 4 is 48.0 Å². The summed E-state index contributed by atoms with van der Waals surface area (Å²) in [6, 6.07) is 3.78. The molecule has 1 saturated heterocycles. The van der Waals surface area contributed by atoms with E-state index >= 15 is 0 Å². The van der Waals surface area contributed by atoms with Gasteiger partial charge in [-0.2, -0.15) is 0 Å². The topological polar surface area (TPSA) is 101 Å². The molecule has 1 fully saturated rings. The average molecular weight is 446 g/mol. The van der Waals surface area contributed by atoms with Crippen molar-refractivity contribution in [3.63, 3.8) is 0 Å². The van der Waals surface area contributed by atoms with Crippen molar-refractivity contribution in [1.82, 2.24) is 20.2 Å². The molecule has 154 valence electrons. The van der Waals surface area contributed by atoms with Gasteiger partial charge in [-0.1, -0.05) is 0 Å². The zero-order valence-corrected chi connectivity index (χ0v) is 17.8. The molecule has 1 unspecified atom stereocenters. The number of halogens is 2. The fourth-order valence-electron chi connectivity index (χ4n) is 3.07. The van der Waals surface area contributed by atoms with Crippen LogP contribution in [0.25, 0.3) is 10.6 Å². The first-order chi connectivity index (χ1) is 12.7. The zero-order valence-electron chi connectivity index (χ0n) is 15.4. The number of nitrogens with one attached hydrogen (secondary N) is 1. The molecule has 3 heterocycles. The molecule has 2 aromatic heterocycles. The first-order valence-corrected chi connectivity index (χ1v) is 9.64. The van der Waals surface area contributed by atoms with Gasteiger partial charge in [0.2, 0.25) is 5.91 Å². The van der Waals surface area contributed by atoms with Crippen LogP contribution in [-0.2, 0) is 4.79 Å². The molecule has 1 atom stereocenters. The van der Waals surface area contributed by atoms with Gasteiger partial charge in [0, 0.05) is 50.1 Å². The van der Waals surface area contributed by atoms with E-state index in [9.17, 15) is 9.59 Å². The number of nitrogens with two attached hydrogens (primary N) is 1. The molecular weight excluding hydrogens is 421 g/mol. The number of carbonyl (C=O) groups is 2. The molecule has 0 aromatic carbocycles. The Kier molecular flexibility index (Phi) is 10.4. The van der Waals surface area contributed by atoms with E-state index in [-0.39, 0.29) is 42.7 Å². The molecule has 28 heavy (non-hydrogen) atoms. The third kappa shape index (κ3) is 6.13. The highest BCUT2D eigenvalue weighted by atomic mass is 35.5. The van der Waals surface area contributed by atoms with Crippen molar-refractivity contribution in [1.29, 1.82) is 0 Å². The fraction of sp³-hybridized carbons (Fsp3) is 0.444. The Labute approximate surface area is 180 Å². The molecule has 2 aromatic rings. The monoisotopic (exact) mass is 445 g/mol. The summed E-state index contributed by atoms with van der Waals surface area (Å²) in [5.41, 5.74) is 6.36. The summed E-state index contributed by atoms with van der Waals surface area (Å²) in [5, 5.41) is 3.69. The molecule has 1 aliphatic heterocycles. The highest BCUT2D eigenvalue weighted by molar-refractivity contribution is 7.16. The van der Waals surface area contributed by atoms with E-state index in [2.05, 4.69) is 15.3 Å². The minimum absolute atomic E-state index is 0. The highest BCUT2D eigenvalue weighted by Gasteiger charge is 2.29. The van der Waals surface area contributed by atoms with E-state index in [0.717, 1.165) is 29.8 Å². The third-order valence-electron chi connectivity index (χ3n) is 4.44. The van der Waals surface area contributed by atoms with Gasteiger partial charge in [0.25, 0.3) is 5.91 Å². The predicted molar refractivity (Wildman–Crippen MR) is 115 cm³/mol. The van der Waals surface area contributed by atoms with Gasteiger partial charge in [-0.3, -0.25) is 14.6 Å². The van der Waals surface area contributed by atoms with Gasteiger partial charge in [0.1, 0.15) is 9.88 Å². The Hall–Kier alpha value is -1.74. The largest absolute Gasteiger partial charge is 0.354 e. The molecule has 0 saturated carbocycles. The van der Waals surface area contributed by atoms with E-state index in [1.165, 1.54) is 11.3 Å². The highest BCUT2D eigenvalue weighted by Crippen LogP contribution is 2.27. The number of piperidine rings is 1. The fourth-order valence-corrected chi connectivity index (χ4v) is 3.95. The summed E-state index contributed by atoms with van der Waals surface area (Å²) in [6.45, 7) is 1.51. The number of pyridine rings is 1. The Balaban J connectivity index is 0.00000196. The van der Waals surface area contributed by atoms with Gasteiger partial charge in [-0.25, -0.2) is 4.98 Å². The second-order valence-corrected chi connectivity index (χ2v) is 7.29. The molecule has 7 nitrogen and oxygen atoms in total. The van der Waals surface area contributed by atoms with Crippen LogP contribution in [0, 0.1) is 0 Å². The molecule has 0 spiro atoms. The SMILES string of the molecule is Cl.Cl.NCCC(=O)NCC1CCCCN1C(=O)c1cnc(-c2ccncc2)s1. The number of hydrogen-bond donors (Lipinski definition) is 2. The van der Waals surface area contributed by atoms with Crippen LogP contribution >= 0.6 is 36.2 Å². The maximum atomic E-state index is 13.0. The lowest BCUT2D eigenvalue weighted by molar-refractivity contribution is -0.121. The van der Waals surface area contributed by atoms with Crippen LogP contribution in [0.2, 0.25) is 0 Å². The number of carbonyl (C=O) groups excluding carboxylic acids is 2. The maximum Gasteiger partial charge on any atom is 0.265 e. The molecule has 2 amide bonds. The van der Waals surface area contributed by atoms with Gasteiger partial charge in [0.15, 0.2) is 0 Å². The Morgan fingerprint density at radius 1 is 1.25 bits per heavy atom. The minimum Gasteiger partial charge on any atom is -0.354 e. The number of amides is 2. The van der Waals surface area contributed by atoms with Crippen molar-refractivity contribution in [2.75, 3.05) is 19.6 Å². The zero-order chi connectivity index (χ0) is 18.4. The first kappa shape index (κ1) is 24.3. The summed E-state index contributed by atoms with van der Waals surface area (Å²) in [4.78, 5) is 35.5. The number of rotatable bonds is 6. The normalized spacial score (nSPS) is 15.9. The van der Waals surface area contributed by atoms with Crippen LogP contribution in [0.15, 0.2) is 30.7 Å². The number of likely N-dealkylation sites (tertiary alicyclic amines) is 1. The number of thiazole rings is 1. The van der Waals surface area contributed by atoms with Gasteiger partial charge < -0.3 is 16.0 Å². The second-order valence-electron chi connectivity index (χ2n) is 6.26. The lowest BCUT2D eigenvalue weighted by Crippen LogP contribution is -2.49. The van der Waals surface area contributed by atoms with E-state index in [0.29, 0.717) is 30.9 Å². The van der Waals surface area contributed by atoms with Crippen LogP contribution < -0.4 is 11.1 Å². The van der Waals surface area contributed by atoms with Crippen LogP contribution in [0.4, 0.5) is 0 Å². The van der Waals surface area contributed by atoms with Gasteiger partial charge in [-0.15, -0.1) is 36.2 Å². The predicted octanol–water partition coefficient (Wildman–Crippen LogP) is 2.51. The lowest BCUT2D eigenvalue weighted by atomic mass is 10.0. The second kappa shape index (κ2) is 12.0. The summed E-state index contributed by atoms with van der Waals surface area (Å²) in [5.74, 6) is -0.0798. The number of hydrogen-bond acceptors (Lipinski definition) is 6. The molecule has 1 aliphatic rings. The van der Waals surface area contributed by atoms with Crippen molar-refractivity contribution in [2.45, 2.75) is 31.7 Å². The van der Waals surface area contributed by atoms with E-state index in [4.69, 9.17) is 5.73 Å². The molecule has 3 rings (SSSR count). The van der Waals surface area contributed by atoms with Gasteiger partial charge in [-0.05, 0) is 31.4 Å². The summed E-state index contributed by atoms with van der Waals surface area (Å²) in [6.07, 6.45) is 8.31. The maximum absolute atomic E-state index is 13.0. The molecule has 0 radical (unpaired) electrons. The van der Waals surface area contributed by atoms with Crippen LogP contribution in [0.1, 0.15) is 35.4 Å². The lowest BCUT2D eigenvalue weighted by Gasteiger charge is -2.35. The third-order valence-corrected chi connectivity index (χ3v) is 5.47. The molecule has 10 heteroatoms. The van der Waals surface area contributed by atoms with E-state index < -0.39 is 0 Å². The molecular formula is C18H25Cl2N5O2S. The smallest absolute Gasteiger partial charge is 0.265 e. The Bertz CT molecular complexity index is 759. The van der Waals surface area contributed by atoms with Crippen molar-refractivity contribution < 1.29 is 9.59 Å².